The number of nitrogens with zero attached hydrogens (tertiary/aromatic N) is 1. The van der Waals surface area contributed by atoms with Crippen molar-refractivity contribution in [1.29, 1.82) is 0 Å². The molecule has 0 radical (unpaired) electrons. The molecule has 0 heterocycles. The molecule has 1 N–H and O–H groups in total. The number of rotatable bonds is 6. The van der Waals surface area contributed by atoms with Crippen molar-refractivity contribution in [3.8, 4) is 5.75 Å². The van der Waals surface area contributed by atoms with Gasteiger partial charge in [0.2, 0.25) is 5.91 Å². The maximum atomic E-state index is 12.4. The molecule has 25 heavy (non-hydrogen) atoms. The van der Waals surface area contributed by atoms with Crippen LogP contribution in [0.15, 0.2) is 41.3 Å². The van der Waals surface area contributed by atoms with Crippen molar-refractivity contribution in [2.45, 2.75) is 30.9 Å². The van der Waals surface area contributed by atoms with Crippen molar-refractivity contribution < 1.29 is 14.5 Å². The lowest BCUT2D eigenvalue weighted by molar-refractivity contribution is -0.384. The van der Waals surface area contributed by atoms with Crippen LogP contribution in [0, 0.1) is 24.0 Å². The molecule has 0 unspecified atom stereocenters. The zero-order chi connectivity index (χ0) is 18.6. The minimum atomic E-state index is -0.508. The van der Waals surface area contributed by atoms with Crippen molar-refractivity contribution in [1.82, 2.24) is 0 Å². The molecule has 0 saturated heterocycles. The highest BCUT2D eigenvalue weighted by Gasteiger charge is 2.18. The Morgan fingerprint density at radius 3 is 2.52 bits per heavy atom. The van der Waals surface area contributed by atoms with Crippen LogP contribution in [0.3, 0.4) is 0 Å². The van der Waals surface area contributed by atoms with E-state index in [2.05, 4.69) is 11.4 Å². The summed E-state index contributed by atoms with van der Waals surface area (Å²) in [7, 11) is 1.40. The highest BCUT2D eigenvalue weighted by atomic mass is 32.2. The van der Waals surface area contributed by atoms with Crippen LogP contribution in [-0.2, 0) is 4.79 Å². The van der Waals surface area contributed by atoms with Gasteiger partial charge in [0.15, 0.2) is 0 Å². The van der Waals surface area contributed by atoms with E-state index in [0.29, 0.717) is 5.69 Å². The number of carbonyl (C=O) groups excluding carboxylic acids is 1. The maximum absolute atomic E-state index is 12.4. The molecule has 0 spiro atoms. The molecular weight excluding hydrogens is 340 g/mol. The number of non-ortho nitro benzene ring substituents is 1. The Bertz CT molecular complexity index is 808. The van der Waals surface area contributed by atoms with Gasteiger partial charge in [-0.15, -0.1) is 11.8 Å². The Kier molecular flexibility index (Phi) is 6.03. The molecule has 0 fully saturated rings. The molecule has 0 aliphatic carbocycles. The number of nitrogens with one attached hydrogen (secondary N) is 1. The van der Waals surface area contributed by atoms with Gasteiger partial charge in [0.1, 0.15) is 5.75 Å². The molecule has 2 aromatic carbocycles. The van der Waals surface area contributed by atoms with Crippen molar-refractivity contribution in [3.05, 3.63) is 57.6 Å². The quantitative estimate of drug-likeness (QED) is 0.471. The lowest BCUT2D eigenvalue weighted by Gasteiger charge is -2.14. The molecule has 1 amide bonds. The van der Waals surface area contributed by atoms with E-state index >= 15 is 0 Å². The third-order valence-electron chi connectivity index (χ3n) is 3.81. The molecular formula is C18H20N2O4S. The van der Waals surface area contributed by atoms with Gasteiger partial charge in [-0.05, 0) is 50.1 Å². The summed E-state index contributed by atoms with van der Waals surface area (Å²) in [5.41, 5.74) is 2.70. The van der Waals surface area contributed by atoms with E-state index in [1.54, 1.807) is 0 Å². The average Bonchev–Trinajstić information content (AvgIpc) is 2.58. The summed E-state index contributed by atoms with van der Waals surface area (Å²) >= 11 is 1.45. The van der Waals surface area contributed by atoms with Crippen molar-refractivity contribution in [2.75, 3.05) is 12.4 Å². The second kappa shape index (κ2) is 8.02. The third-order valence-corrected chi connectivity index (χ3v) is 4.91. The van der Waals surface area contributed by atoms with Crippen LogP contribution in [0.2, 0.25) is 0 Å². The topological polar surface area (TPSA) is 81.5 Å². The van der Waals surface area contributed by atoms with Crippen LogP contribution in [0.5, 0.6) is 5.75 Å². The second-order valence-corrected chi connectivity index (χ2v) is 7.05. The minimum absolute atomic E-state index is 0.0904. The fourth-order valence-corrected chi connectivity index (χ4v) is 3.14. The SMILES string of the molecule is COc1cc([N+](=O)[O-])ccc1NC(=O)[C@H](C)Sc1ccc(C)c(C)c1. The molecule has 2 rings (SSSR count). The highest BCUT2D eigenvalue weighted by Crippen LogP contribution is 2.31. The number of aryl methyl sites for hydroxylation is 2. The first-order valence-electron chi connectivity index (χ1n) is 7.69. The van der Waals surface area contributed by atoms with Gasteiger partial charge in [0.25, 0.3) is 5.69 Å². The number of nitro groups is 1. The fourth-order valence-electron chi connectivity index (χ4n) is 2.18. The lowest BCUT2D eigenvalue weighted by Crippen LogP contribution is -2.22. The predicted octanol–water partition coefficient (Wildman–Crippen LogP) is 4.34. The van der Waals surface area contributed by atoms with Crippen LogP contribution in [-0.4, -0.2) is 23.2 Å². The predicted molar refractivity (Wildman–Crippen MR) is 99.5 cm³/mol. The Hall–Kier alpha value is -2.54. The molecule has 0 bridgehead atoms. The smallest absolute Gasteiger partial charge is 0.273 e. The molecule has 0 aliphatic rings. The van der Waals surface area contributed by atoms with E-state index in [4.69, 9.17) is 4.74 Å². The van der Waals surface area contributed by atoms with Gasteiger partial charge in [-0.3, -0.25) is 14.9 Å². The van der Waals surface area contributed by atoms with Crippen LogP contribution >= 0.6 is 11.8 Å². The molecule has 6 nitrogen and oxygen atoms in total. The third kappa shape index (κ3) is 4.73. The summed E-state index contributed by atoms with van der Waals surface area (Å²) in [6.07, 6.45) is 0. The zero-order valence-corrected chi connectivity index (χ0v) is 15.3. The first kappa shape index (κ1) is 18.8. The van der Waals surface area contributed by atoms with Crippen molar-refractivity contribution in [2.24, 2.45) is 0 Å². The van der Waals surface area contributed by atoms with E-state index in [1.807, 2.05) is 32.9 Å². The largest absolute Gasteiger partial charge is 0.494 e. The number of ether oxygens (including phenoxy) is 1. The molecule has 1 atom stereocenters. The Labute approximate surface area is 150 Å². The summed E-state index contributed by atoms with van der Waals surface area (Å²) in [5, 5.41) is 13.3. The average molecular weight is 360 g/mol. The van der Waals surface area contributed by atoms with Crippen LogP contribution in [0.1, 0.15) is 18.1 Å². The molecule has 7 heteroatoms. The van der Waals surface area contributed by atoms with Gasteiger partial charge in [-0.1, -0.05) is 6.07 Å². The van der Waals surface area contributed by atoms with E-state index < -0.39 is 4.92 Å². The first-order chi connectivity index (χ1) is 11.8. The molecule has 0 aromatic heterocycles. The summed E-state index contributed by atoms with van der Waals surface area (Å²) in [6.45, 7) is 5.89. The summed E-state index contributed by atoms with van der Waals surface area (Å²) in [5.74, 6) is 0.0568. The fraction of sp³-hybridized carbons (Fsp3) is 0.278. The first-order valence-corrected chi connectivity index (χ1v) is 8.57. The molecule has 0 saturated carbocycles. The van der Waals surface area contributed by atoms with Crippen molar-refractivity contribution >= 4 is 29.0 Å². The lowest BCUT2D eigenvalue weighted by atomic mass is 10.1. The number of benzene rings is 2. The van der Waals surface area contributed by atoms with Gasteiger partial charge >= 0.3 is 0 Å². The normalized spacial score (nSPS) is 11.7. The number of hydrogen-bond donors (Lipinski definition) is 1. The molecule has 2 aromatic rings. The number of carbonyl (C=O) groups is 1. The van der Waals surface area contributed by atoms with E-state index in [0.717, 1.165) is 4.90 Å². The number of hydrogen-bond acceptors (Lipinski definition) is 5. The van der Waals surface area contributed by atoms with E-state index in [-0.39, 0.29) is 22.6 Å². The van der Waals surface area contributed by atoms with Gasteiger partial charge < -0.3 is 10.1 Å². The number of methoxy groups -OCH3 is 1. The Morgan fingerprint density at radius 2 is 1.92 bits per heavy atom. The highest BCUT2D eigenvalue weighted by molar-refractivity contribution is 8.00. The van der Waals surface area contributed by atoms with E-state index in [1.165, 1.54) is 48.2 Å². The second-order valence-electron chi connectivity index (χ2n) is 5.64. The monoisotopic (exact) mass is 360 g/mol. The Balaban J connectivity index is 2.10. The van der Waals surface area contributed by atoms with Gasteiger partial charge in [0, 0.05) is 11.0 Å². The molecule has 0 aliphatic heterocycles. The van der Waals surface area contributed by atoms with Gasteiger partial charge in [-0.2, -0.15) is 0 Å². The number of amides is 1. The number of thioether (sulfide) groups is 1. The van der Waals surface area contributed by atoms with Crippen LogP contribution in [0.4, 0.5) is 11.4 Å². The molecule has 132 valence electrons. The minimum Gasteiger partial charge on any atom is -0.494 e. The summed E-state index contributed by atoms with van der Waals surface area (Å²) in [4.78, 5) is 23.8. The number of anilines is 1. The maximum Gasteiger partial charge on any atom is 0.273 e. The summed E-state index contributed by atoms with van der Waals surface area (Å²) < 4.78 is 5.14. The van der Waals surface area contributed by atoms with E-state index in [9.17, 15) is 14.9 Å². The zero-order valence-electron chi connectivity index (χ0n) is 14.5. The van der Waals surface area contributed by atoms with Gasteiger partial charge in [-0.25, -0.2) is 0 Å². The standard InChI is InChI=1S/C18H20N2O4S/c1-11-5-7-15(9-12(11)2)25-13(3)18(21)19-16-8-6-14(20(22)23)10-17(16)24-4/h5-10,13H,1-4H3,(H,19,21)/t13-/m0/s1. The number of nitro benzene ring substituents is 1. The van der Waals surface area contributed by atoms with Crippen LogP contribution < -0.4 is 10.1 Å². The van der Waals surface area contributed by atoms with Gasteiger partial charge in [0.05, 0.1) is 29.0 Å². The van der Waals surface area contributed by atoms with Crippen molar-refractivity contribution in [3.63, 3.8) is 0 Å². The summed E-state index contributed by atoms with van der Waals surface area (Å²) in [6, 6.07) is 10.2. The Morgan fingerprint density at radius 1 is 1.20 bits per heavy atom. The van der Waals surface area contributed by atoms with Crippen LogP contribution in [0.25, 0.3) is 0 Å².